The Labute approximate surface area is 91.7 Å². The van der Waals surface area contributed by atoms with E-state index in [1.54, 1.807) is 18.6 Å². The second-order valence-electron chi connectivity index (χ2n) is 2.21. The van der Waals surface area contributed by atoms with Crippen LogP contribution in [0.15, 0.2) is 24.7 Å². The maximum atomic E-state index is 5.59. The van der Waals surface area contributed by atoms with Crippen LogP contribution in [0, 0.1) is 13.5 Å². The average molecular weight is 343 g/mol. The summed E-state index contributed by atoms with van der Waals surface area (Å²) in [4.78, 5) is 7.82. The minimum Gasteiger partial charge on any atom is -0.393 e. The number of aromatic nitrogens is 2. The molecule has 0 saturated heterocycles. The van der Waals surface area contributed by atoms with Crippen LogP contribution < -0.4 is 5.73 Å². The van der Waals surface area contributed by atoms with Gasteiger partial charge in [-0.1, -0.05) is 5.39 Å². The third-order valence-corrected chi connectivity index (χ3v) is 1.52. The van der Waals surface area contributed by atoms with Crippen molar-refractivity contribution in [2.45, 2.75) is 0 Å². The molecule has 2 heterocycles. The summed E-state index contributed by atoms with van der Waals surface area (Å²) in [6.07, 6.45) is 4.96. The number of pyridine rings is 2. The van der Waals surface area contributed by atoms with E-state index in [1.165, 1.54) is 0 Å². The fourth-order valence-electron chi connectivity index (χ4n) is 0.970. The van der Waals surface area contributed by atoms with E-state index >= 15 is 0 Å². The number of nitrogens with zero attached hydrogens (tertiary/aromatic N) is 2. The Bertz CT molecular complexity index is 384. The van der Waals surface area contributed by atoms with Crippen molar-refractivity contribution in [1.82, 2.24) is 9.97 Å². The number of hydrogen-bond donors (Lipinski definition) is 1. The molecule has 0 saturated carbocycles. The van der Waals surface area contributed by atoms with E-state index in [2.05, 4.69) is 16.0 Å². The van der Waals surface area contributed by atoms with Crippen LogP contribution in [0.4, 0.5) is 5.82 Å². The van der Waals surface area contributed by atoms with Crippen LogP contribution in [0.2, 0.25) is 0 Å². The summed E-state index contributed by atoms with van der Waals surface area (Å²) >= 11 is 0. The Morgan fingerprint density at radius 1 is 1.38 bits per heavy atom. The van der Waals surface area contributed by atoms with E-state index in [9.17, 15) is 0 Å². The van der Waals surface area contributed by atoms with Gasteiger partial charge in [-0.2, -0.15) is 11.5 Å². The molecule has 0 aliphatic carbocycles. The molecule has 0 radical (unpaired) electrons. The zero-order chi connectivity index (χ0) is 7.68. The zero-order valence-corrected chi connectivity index (χ0v) is 10.1. The summed E-state index contributed by atoms with van der Waals surface area (Å²) in [5.41, 5.74) is 5.59. The number of fused-ring (bicyclic) bond motifs is 1. The van der Waals surface area contributed by atoms with E-state index in [0.717, 1.165) is 10.8 Å². The quantitative estimate of drug-likeness (QED) is 0.737. The van der Waals surface area contributed by atoms with Gasteiger partial charge in [-0.15, -0.1) is 6.07 Å². The van der Waals surface area contributed by atoms with Gasteiger partial charge in [0, 0.05) is 0 Å². The summed E-state index contributed by atoms with van der Waals surface area (Å²) in [5.74, 6) is 0.506. The smallest absolute Gasteiger partial charge is 0.393 e. The van der Waals surface area contributed by atoms with Gasteiger partial charge in [0.2, 0.25) is 0 Å². The van der Waals surface area contributed by atoms with Gasteiger partial charge in [0.1, 0.15) is 0 Å². The molecule has 0 aliphatic rings. The van der Waals surface area contributed by atoms with Crippen LogP contribution in [-0.4, -0.2) is 9.97 Å². The van der Waals surface area contributed by atoms with Crippen LogP contribution >= 0.6 is 0 Å². The SMILES string of the molecule is Nc1nccc2[c-]cncc12.[CH3-].[W+2]. The summed E-state index contributed by atoms with van der Waals surface area (Å²) < 4.78 is 0. The molecular formula is C9H9N3W. The van der Waals surface area contributed by atoms with Gasteiger partial charge in [-0.3, -0.25) is 9.97 Å². The van der Waals surface area contributed by atoms with Crippen molar-refractivity contribution in [3.63, 3.8) is 0 Å². The first kappa shape index (κ1) is 12.0. The normalized spacial score (nSPS) is 8.62. The number of hydrogen-bond acceptors (Lipinski definition) is 3. The first-order chi connectivity index (χ1) is 5.38. The maximum Gasteiger partial charge on any atom is 2.00 e. The molecule has 2 aromatic rings. The molecule has 0 atom stereocenters. The summed E-state index contributed by atoms with van der Waals surface area (Å²) in [5, 5.41) is 1.81. The van der Waals surface area contributed by atoms with Crippen LogP contribution in [0.1, 0.15) is 0 Å². The Balaban J connectivity index is 0.000000720. The van der Waals surface area contributed by atoms with Crippen LogP contribution in [-0.2, 0) is 21.1 Å². The maximum absolute atomic E-state index is 5.59. The molecule has 0 unspecified atom stereocenters. The molecule has 66 valence electrons. The molecule has 0 fully saturated rings. The van der Waals surface area contributed by atoms with E-state index < -0.39 is 0 Å². The third-order valence-electron chi connectivity index (χ3n) is 1.52. The molecule has 0 amide bonds. The van der Waals surface area contributed by atoms with Crippen LogP contribution in [0.5, 0.6) is 0 Å². The minimum atomic E-state index is 0. The number of rotatable bonds is 0. The minimum absolute atomic E-state index is 0. The van der Waals surface area contributed by atoms with Crippen LogP contribution in [0.3, 0.4) is 0 Å². The molecule has 2 rings (SSSR count). The predicted molar refractivity (Wildman–Crippen MR) is 49.2 cm³/mol. The fourth-order valence-corrected chi connectivity index (χ4v) is 0.970. The van der Waals surface area contributed by atoms with Crippen molar-refractivity contribution in [2.24, 2.45) is 0 Å². The number of nitrogens with two attached hydrogens (primary N) is 1. The average Bonchev–Trinajstić information content (AvgIpc) is 2.06. The summed E-state index contributed by atoms with van der Waals surface area (Å²) in [6, 6.07) is 4.82. The van der Waals surface area contributed by atoms with Gasteiger partial charge >= 0.3 is 21.1 Å². The molecule has 0 spiro atoms. The van der Waals surface area contributed by atoms with Crippen molar-refractivity contribution in [2.75, 3.05) is 5.73 Å². The van der Waals surface area contributed by atoms with Gasteiger partial charge in [0.15, 0.2) is 0 Å². The van der Waals surface area contributed by atoms with Crippen molar-refractivity contribution < 1.29 is 21.1 Å². The number of anilines is 1. The largest absolute Gasteiger partial charge is 2.00 e. The van der Waals surface area contributed by atoms with Crippen molar-refractivity contribution in [3.8, 4) is 0 Å². The molecule has 13 heavy (non-hydrogen) atoms. The van der Waals surface area contributed by atoms with E-state index in [1.807, 2.05) is 6.07 Å². The first-order valence-corrected chi connectivity index (χ1v) is 3.24. The summed E-state index contributed by atoms with van der Waals surface area (Å²) in [6.45, 7) is 0. The van der Waals surface area contributed by atoms with Crippen LogP contribution in [0.25, 0.3) is 10.8 Å². The van der Waals surface area contributed by atoms with Crippen molar-refractivity contribution in [1.29, 1.82) is 0 Å². The first-order valence-electron chi connectivity index (χ1n) is 3.24. The van der Waals surface area contributed by atoms with E-state index in [0.29, 0.717) is 5.82 Å². The Hall–Kier alpha value is -0.952. The van der Waals surface area contributed by atoms with Gasteiger partial charge < -0.3 is 13.2 Å². The number of nitrogen functional groups attached to an aromatic ring is 1. The van der Waals surface area contributed by atoms with Gasteiger partial charge in [-0.25, -0.2) is 0 Å². The Kier molecular flexibility index (Phi) is 4.57. The monoisotopic (exact) mass is 343 g/mol. The molecular weight excluding hydrogens is 334 g/mol. The zero-order valence-electron chi connectivity index (χ0n) is 7.19. The second kappa shape index (κ2) is 4.93. The topological polar surface area (TPSA) is 51.8 Å². The summed E-state index contributed by atoms with van der Waals surface area (Å²) in [7, 11) is 0. The molecule has 2 N–H and O–H groups in total. The molecule has 0 bridgehead atoms. The van der Waals surface area contributed by atoms with Crippen molar-refractivity contribution in [3.05, 3.63) is 38.1 Å². The Morgan fingerprint density at radius 2 is 2.15 bits per heavy atom. The van der Waals surface area contributed by atoms with E-state index in [4.69, 9.17) is 5.73 Å². The third kappa shape index (κ3) is 2.25. The predicted octanol–water partition coefficient (Wildman–Crippen LogP) is 1.46. The molecule has 4 heteroatoms. The molecule has 3 nitrogen and oxygen atoms in total. The molecule has 0 aliphatic heterocycles. The van der Waals surface area contributed by atoms with Crippen molar-refractivity contribution >= 4 is 16.6 Å². The second-order valence-corrected chi connectivity index (χ2v) is 2.21. The van der Waals surface area contributed by atoms with Gasteiger partial charge in [0.05, 0.1) is 5.82 Å². The molecule has 0 aromatic carbocycles. The molecule has 2 aromatic heterocycles. The van der Waals surface area contributed by atoms with E-state index in [-0.39, 0.29) is 28.5 Å². The van der Waals surface area contributed by atoms with Gasteiger partial charge in [-0.05, 0) is 18.6 Å². The van der Waals surface area contributed by atoms with Gasteiger partial charge in [0.25, 0.3) is 0 Å². The Morgan fingerprint density at radius 3 is 2.85 bits per heavy atom. The standard InChI is InChI=1S/C8H6N3.CH3.W/c9-8-7-5-10-3-1-6(7)2-4-11-8;;/h2-5H,(H2,9,11);1H3;/q2*-1;+2. The fraction of sp³-hybridized carbons (Fsp3) is 0.